The summed E-state index contributed by atoms with van der Waals surface area (Å²) in [6.45, 7) is 10.4. The van der Waals surface area contributed by atoms with Crippen molar-refractivity contribution in [1.29, 1.82) is 0 Å². The highest BCUT2D eigenvalue weighted by atomic mass is 16.5. The molecule has 0 heterocycles. The summed E-state index contributed by atoms with van der Waals surface area (Å²) in [5, 5.41) is 28.4. The highest BCUT2D eigenvalue weighted by Crippen LogP contribution is 2.53. The largest absolute Gasteiger partial charge is 0.507 e. The Kier molecular flexibility index (Phi) is 8.99. The summed E-state index contributed by atoms with van der Waals surface area (Å²) in [5.41, 5.74) is -1.19. The average Bonchev–Trinajstić information content (AvgIpc) is 3.09. The van der Waals surface area contributed by atoms with Crippen LogP contribution in [0, 0.1) is 10.8 Å². The van der Waals surface area contributed by atoms with Crippen molar-refractivity contribution in [3.63, 3.8) is 0 Å². The standard InChI is InChI=1S/C42H42O10/c1-41(2,3)39(45)51-31-19-27(43)35(25-13-11-23-21(33(25)31)15-17-29(47-7)37(23)49-9)36-26-14-12-24-22(16-18-30(48-8)38(24)50-10)34(26)32(20-28(36)44)52-40(46)42(4,5)6/h11-20,43-44H,1-10H3. The minimum absolute atomic E-state index is 0.121. The van der Waals surface area contributed by atoms with Gasteiger partial charge in [0.15, 0.2) is 23.0 Å². The van der Waals surface area contributed by atoms with E-state index in [1.807, 2.05) is 24.3 Å². The number of esters is 2. The number of ether oxygens (including phenoxy) is 6. The number of benzene rings is 6. The number of phenolic OH excluding ortho intramolecular Hbond substituents is 2. The van der Waals surface area contributed by atoms with E-state index in [9.17, 15) is 19.8 Å². The van der Waals surface area contributed by atoms with E-state index >= 15 is 0 Å². The lowest BCUT2D eigenvalue weighted by Gasteiger charge is -2.23. The minimum atomic E-state index is -0.855. The Balaban J connectivity index is 1.78. The molecule has 0 saturated heterocycles. The number of carbonyl (C=O) groups excluding carboxylic acids is 2. The first kappa shape index (κ1) is 35.9. The molecule has 0 aromatic heterocycles. The van der Waals surface area contributed by atoms with Crippen LogP contribution in [0.1, 0.15) is 41.5 Å². The van der Waals surface area contributed by atoms with Crippen molar-refractivity contribution in [3.8, 4) is 57.1 Å². The Bertz CT molecular complexity index is 2260. The van der Waals surface area contributed by atoms with Gasteiger partial charge >= 0.3 is 11.9 Å². The van der Waals surface area contributed by atoms with Crippen LogP contribution in [0.25, 0.3) is 54.2 Å². The lowest BCUT2D eigenvalue weighted by Crippen LogP contribution is -2.25. The number of methoxy groups -OCH3 is 4. The van der Waals surface area contributed by atoms with E-state index in [0.717, 1.165) is 0 Å². The van der Waals surface area contributed by atoms with Crippen LogP contribution in [0.2, 0.25) is 0 Å². The van der Waals surface area contributed by atoms with Gasteiger partial charge in [0.1, 0.15) is 23.0 Å². The molecule has 0 atom stereocenters. The highest BCUT2D eigenvalue weighted by molar-refractivity contribution is 6.23. The second-order valence-electron chi connectivity index (χ2n) is 14.6. The van der Waals surface area contributed by atoms with Gasteiger partial charge in [-0.3, -0.25) is 9.59 Å². The Morgan fingerprint density at radius 2 is 0.788 bits per heavy atom. The van der Waals surface area contributed by atoms with Crippen LogP contribution in [-0.4, -0.2) is 50.6 Å². The number of carbonyl (C=O) groups is 2. The number of rotatable bonds is 7. The van der Waals surface area contributed by atoms with Gasteiger partial charge in [-0.2, -0.15) is 0 Å². The molecular formula is C42H42O10. The third kappa shape index (κ3) is 5.87. The fourth-order valence-electron chi connectivity index (χ4n) is 6.41. The molecule has 6 rings (SSSR count). The van der Waals surface area contributed by atoms with Crippen LogP contribution in [0.4, 0.5) is 0 Å². The number of phenols is 2. The van der Waals surface area contributed by atoms with Crippen LogP contribution in [0.15, 0.2) is 60.7 Å². The number of hydrogen-bond donors (Lipinski definition) is 2. The minimum Gasteiger partial charge on any atom is -0.507 e. The molecule has 0 aliphatic heterocycles. The molecule has 0 saturated carbocycles. The molecule has 0 aliphatic carbocycles. The van der Waals surface area contributed by atoms with Crippen molar-refractivity contribution in [3.05, 3.63) is 60.7 Å². The van der Waals surface area contributed by atoms with Gasteiger partial charge in [-0.25, -0.2) is 0 Å². The molecular weight excluding hydrogens is 664 g/mol. The maximum Gasteiger partial charge on any atom is 0.316 e. The van der Waals surface area contributed by atoms with Gasteiger partial charge < -0.3 is 38.6 Å². The molecule has 6 aromatic carbocycles. The summed E-state index contributed by atoms with van der Waals surface area (Å²) in [6.07, 6.45) is 0. The monoisotopic (exact) mass is 706 g/mol. The van der Waals surface area contributed by atoms with Gasteiger partial charge in [0, 0.05) is 44.8 Å². The molecule has 0 unspecified atom stereocenters. The van der Waals surface area contributed by atoms with E-state index < -0.39 is 22.8 Å². The Morgan fingerprint density at radius 3 is 1.10 bits per heavy atom. The topological polar surface area (TPSA) is 130 Å². The smallest absolute Gasteiger partial charge is 0.316 e. The summed E-state index contributed by atoms with van der Waals surface area (Å²) < 4.78 is 34.6. The second-order valence-corrected chi connectivity index (χ2v) is 14.6. The summed E-state index contributed by atoms with van der Waals surface area (Å²) in [5.74, 6) is 0.665. The van der Waals surface area contributed by atoms with Crippen LogP contribution < -0.4 is 28.4 Å². The highest BCUT2D eigenvalue weighted by Gasteiger charge is 2.30. The van der Waals surface area contributed by atoms with E-state index in [1.54, 1.807) is 80.0 Å². The van der Waals surface area contributed by atoms with Crippen molar-refractivity contribution >= 4 is 55.0 Å². The van der Waals surface area contributed by atoms with E-state index in [0.29, 0.717) is 66.1 Å². The summed E-state index contributed by atoms with van der Waals surface area (Å²) in [6, 6.07) is 17.1. The predicted molar refractivity (Wildman–Crippen MR) is 202 cm³/mol. The van der Waals surface area contributed by atoms with Crippen molar-refractivity contribution in [2.24, 2.45) is 10.8 Å². The normalized spacial score (nSPS) is 12.0. The third-order valence-corrected chi connectivity index (χ3v) is 9.04. The maximum atomic E-state index is 13.3. The lowest BCUT2D eigenvalue weighted by atomic mass is 9.88. The first-order chi connectivity index (χ1) is 24.5. The fraction of sp³-hybridized carbons (Fsp3) is 0.286. The zero-order valence-corrected chi connectivity index (χ0v) is 30.9. The Morgan fingerprint density at radius 1 is 0.462 bits per heavy atom. The number of fused-ring (bicyclic) bond motifs is 6. The van der Waals surface area contributed by atoms with Gasteiger partial charge in [-0.15, -0.1) is 0 Å². The maximum absolute atomic E-state index is 13.3. The second kappa shape index (κ2) is 13.0. The molecule has 270 valence electrons. The molecule has 10 nitrogen and oxygen atoms in total. The SMILES string of the molecule is COc1ccc2c(ccc3c(-c4c(O)cc(OC(=O)C(C)(C)C)c5c4ccc4c(OC)c(OC)ccc45)c(O)cc(OC(=O)C(C)(C)C)c32)c1OC. The van der Waals surface area contributed by atoms with E-state index in [-0.39, 0.29) is 34.1 Å². The van der Waals surface area contributed by atoms with Crippen LogP contribution in [0.3, 0.4) is 0 Å². The van der Waals surface area contributed by atoms with Gasteiger partial charge in [0.05, 0.1) is 39.3 Å². The molecule has 10 heteroatoms. The van der Waals surface area contributed by atoms with Gasteiger partial charge in [0.25, 0.3) is 0 Å². The van der Waals surface area contributed by atoms with Gasteiger partial charge in [0.2, 0.25) is 0 Å². The average molecular weight is 707 g/mol. The Hall–Kier alpha value is -5.90. The van der Waals surface area contributed by atoms with Crippen LogP contribution in [0.5, 0.6) is 46.0 Å². The predicted octanol–water partition coefficient (Wildman–Crippen LogP) is 9.32. The van der Waals surface area contributed by atoms with E-state index in [4.69, 9.17) is 28.4 Å². The van der Waals surface area contributed by atoms with E-state index in [1.165, 1.54) is 26.4 Å². The van der Waals surface area contributed by atoms with Crippen LogP contribution in [-0.2, 0) is 9.59 Å². The molecule has 0 radical (unpaired) electrons. The molecule has 0 spiro atoms. The van der Waals surface area contributed by atoms with Gasteiger partial charge in [-0.05, 0) is 99.5 Å². The number of hydrogen-bond acceptors (Lipinski definition) is 10. The van der Waals surface area contributed by atoms with Crippen molar-refractivity contribution in [2.45, 2.75) is 41.5 Å². The molecule has 2 N–H and O–H groups in total. The third-order valence-electron chi connectivity index (χ3n) is 9.04. The lowest BCUT2D eigenvalue weighted by molar-refractivity contribution is -0.143. The summed E-state index contributed by atoms with van der Waals surface area (Å²) >= 11 is 0. The first-order valence-corrected chi connectivity index (χ1v) is 16.7. The Labute approximate surface area is 301 Å². The van der Waals surface area contributed by atoms with Crippen molar-refractivity contribution < 1.29 is 48.2 Å². The summed E-state index contributed by atoms with van der Waals surface area (Å²) in [4.78, 5) is 26.6. The molecule has 0 amide bonds. The summed E-state index contributed by atoms with van der Waals surface area (Å²) in [7, 11) is 6.17. The molecule has 0 aliphatic rings. The fourth-order valence-corrected chi connectivity index (χ4v) is 6.41. The molecule has 0 bridgehead atoms. The van der Waals surface area contributed by atoms with Crippen LogP contribution >= 0.6 is 0 Å². The zero-order chi connectivity index (χ0) is 37.9. The zero-order valence-electron chi connectivity index (χ0n) is 30.9. The quantitative estimate of drug-likeness (QED) is 0.0941. The van der Waals surface area contributed by atoms with E-state index in [2.05, 4.69) is 0 Å². The van der Waals surface area contributed by atoms with Crippen molar-refractivity contribution in [2.75, 3.05) is 28.4 Å². The van der Waals surface area contributed by atoms with Gasteiger partial charge in [-0.1, -0.05) is 12.1 Å². The first-order valence-electron chi connectivity index (χ1n) is 16.7. The molecule has 0 fully saturated rings. The van der Waals surface area contributed by atoms with Crippen molar-refractivity contribution in [1.82, 2.24) is 0 Å². The molecule has 52 heavy (non-hydrogen) atoms. The number of aromatic hydroxyl groups is 2. The molecule has 6 aromatic rings.